The van der Waals surface area contributed by atoms with Crippen LogP contribution in [0.2, 0.25) is 0 Å². The summed E-state index contributed by atoms with van der Waals surface area (Å²) in [5.41, 5.74) is 0. The lowest BCUT2D eigenvalue weighted by molar-refractivity contribution is -0.131. The molecule has 1 atom stereocenters. The van der Waals surface area contributed by atoms with Crippen LogP contribution in [0.3, 0.4) is 0 Å². The van der Waals surface area contributed by atoms with E-state index in [1.807, 2.05) is 0 Å². The quantitative estimate of drug-likeness (QED) is 0.755. The molecule has 0 spiro atoms. The molecule has 0 saturated carbocycles. The Hall–Kier alpha value is -0.940. The van der Waals surface area contributed by atoms with Gasteiger partial charge in [0.05, 0.1) is 15.0 Å². The number of aliphatic carboxylic acids is 1. The van der Waals surface area contributed by atoms with Crippen molar-refractivity contribution in [2.45, 2.75) is 4.21 Å². The van der Waals surface area contributed by atoms with Crippen molar-refractivity contribution in [2.75, 3.05) is 0 Å². The molecule has 0 aliphatic heterocycles. The van der Waals surface area contributed by atoms with Crippen LogP contribution in [0.15, 0.2) is 33.2 Å². The van der Waals surface area contributed by atoms with Crippen LogP contribution < -0.4 is 0 Å². The van der Waals surface area contributed by atoms with E-state index in [4.69, 9.17) is 5.11 Å². The van der Waals surface area contributed by atoms with Crippen molar-refractivity contribution in [2.24, 2.45) is 0 Å². The van der Waals surface area contributed by atoms with Crippen LogP contribution in [0.4, 0.5) is 0 Å². The Labute approximate surface area is 75.8 Å². The number of carbonyl (C=O) groups is 1. The highest BCUT2D eigenvalue weighted by Gasteiger charge is 1.99. The predicted molar refractivity (Wildman–Crippen MR) is 47.5 cm³/mol. The molecule has 0 aliphatic carbocycles. The average molecular weight is 202 g/mol. The zero-order valence-corrected chi connectivity index (χ0v) is 7.60. The first-order chi connectivity index (χ1) is 5.70. The van der Waals surface area contributed by atoms with Gasteiger partial charge in [0.25, 0.3) is 0 Å². The molecule has 1 aromatic heterocycles. The van der Waals surface area contributed by atoms with E-state index in [1.165, 1.54) is 11.3 Å². The minimum Gasteiger partial charge on any atom is -0.478 e. The summed E-state index contributed by atoms with van der Waals surface area (Å²) in [6.07, 6.45) is 0.885. The second-order valence-corrected chi connectivity index (χ2v) is 4.38. The van der Waals surface area contributed by atoms with Crippen molar-refractivity contribution < 1.29 is 14.1 Å². The van der Waals surface area contributed by atoms with Gasteiger partial charge in [0, 0.05) is 11.5 Å². The van der Waals surface area contributed by atoms with E-state index in [2.05, 4.69) is 0 Å². The van der Waals surface area contributed by atoms with Gasteiger partial charge in [-0.25, -0.2) is 9.00 Å². The molecule has 5 heteroatoms. The lowest BCUT2D eigenvalue weighted by Crippen LogP contribution is -1.88. The van der Waals surface area contributed by atoms with Crippen molar-refractivity contribution in [3.8, 4) is 0 Å². The number of carboxylic acid groups (broad SMARTS) is 1. The highest BCUT2D eigenvalue weighted by atomic mass is 32.2. The molecule has 0 saturated heterocycles. The summed E-state index contributed by atoms with van der Waals surface area (Å²) < 4.78 is 11.8. The predicted octanol–water partition coefficient (Wildman–Crippen LogP) is 1.45. The van der Waals surface area contributed by atoms with Crippen molar-refractivity contribution in [3.63, 3.8) is 0 Å². The van der Waals surface area contributed by atoms with Crippen LogP contribution in [0.25, 0.3) is 0 Å². The van der Waals surface area contributed by atoms with Gasteiger partial charge >= 0.3 is 5.97 Å². The Morgan fingerprint density at radius 2 is 2.42 bits per heavy atom. The van der Waals surface area contributed by atoms with Gasteiger partial charge < -0.3 is 5.11 Å². The minimum atomic E-state index is -1.32. The summed E-state index contributed by atoms with van der Waals surface area (Å²) in [5.74, 6) is -1.08. The van der Waals surface area contributed by atoms with Crippen molar-refractivity contribution in [3.05, 3.63) is 29.0 Å². The van der Waals surface area contributed by atoms with Crippen molar-refractivity contribution in [1.82, 2.24) is 0 Å². The van der Waals surface area contributed by atoms with E-state index in [0.717, 1.165) is 11.5 Å². The van der Waals surface area contributed by atoms with E-state index in [-0.39, 0.29) is 0 Å². The minimum absolute atomic E-state index is 0.660. The van der Waals surface area contributed by atoms with Gasteiger partial charge in [0.15, 0.2) is 0 Å². The molecule has 0 fully saturated rings. The van der Waals surface area contributed by atoms with Gasteiger partial charge in [-0.1, -0.05) is 6.07 Å². The third-order valence-electron chi connectivity index (χ3n) is 1.03. The van der Waals surface area contributed by atoms with Crippen LogP contribution in [0.5, 0.6) is 0 Å². The molecule has 1 unspecified atom stereocenters. The molecule has 1 N–H and O–H groups in total. The topological polar surface area (TPSA) is 54.4 Å². The second-order valence-electron chi connectivity index (χ2n) is 1.87. The number of thiophene rings is 1. The molecule has 64 valence electrons. The maximum Gasteiger partial charge on any atom is 0.328 e. The molecule has 12 heavy (non-hydrogen) atoms. The zero-order chi connectivity index (χ0) is 8.97. The summed E-state index contributed by atoms with van der Waals surface area (Å²) in [4.78, 5) is 10.1. The Kier molecular flexibility index (Phi) is 3.19. The van der Waals surface area contributed by atoms with E-state index >= 15 is 0 Å². The fourth-order valence-corrected chi connectivity index (χ4v) is 2.31. The Balaban J connectivity index is 2.68. The first-order valence-corrected chi connectivity index (χ1v) is 5.14. The third kappa shape index (κ3) is 2.60. The molecule has 0 aromatic carbocycles. The molecule has 3 nitrogen and oxygen atoms in total. The van der Waals surface area contributed by atoms with Crippen LogP contribution >= 0.6 is 11.3 Å². The van der Waals surface area contributed by atoms with Crippen molar-refractivity contribution >= 4 is 28.1 Å². The average Bonchev–Trinajstić information content (AvgIpc) is 2.51. The van der Waals surface area contributed by atoms with Crippen LogP contribution in [-0.4, -0.2) is 15.3 Å². The van der Waals surface area contributed by atoms with Gasteiger partial charge in [-0.2, -0.15) is 0 Å². The maximum atomic E-state index is 11.2. The zero-order valence-electron chi connectivity index (χ0n) is 5.97. The largest absolute Gasteiger partial charge is 0.478 e. The molecule has 0 radical (unpaired) electrons. The highest BCUT2D eigenvalue weighted by molar-refractivity contribution is 7.90. The monoisotopic (exact) mass is 202 g/mol. The lowest BCUT2D eigenvalue weighted by atomic mass is 10.7. The number of rotatable bonds is 3. The van der Waals surface area contributed by atoms with E-state index in [9.17, 15) is 9.00 Å². The van der Waals surface area contributed by atoms with Gasteiger partial charge in [-0.15, -0.1) is 11.3 Å². The number of carboxylic acids is 1. The molecule has 1 aromatic rings. The lowest BCUT2D eigenvalue weighted by Gasteiger charge is -1.86. The fraction of sp³-hybridized carbons (Fsp3) is 0. The molecule has 0 aliphatic rings. The molecule has 1 rings (SSSR count). The summed E-state index contributed by atoms with van der Waals surface area (Å²) in [5, 5.41) is 11.2. The number of hydrogen-bond acceptors (Lipinski definition) is 3. The van der Waals surface area contributed by atoms with Crippen LogP contribution in [-0.2, 0) is 15.6 Å². The SMILES string of the molecule is O=C(O)/C=C/S(=O)c1cccs1. The molecular weight excluding hydrogens is 196 g/mol. The van der Waals surface area contributed by atoms with Crippen molar-refractivity contribution in [1.29, 1.82) is 0 Å². The van der Waals surface area contributed by atoms with E-state index in [1.54, 1.807) is 17.5 Å². The molecular formula is C7H6O3S2. The smallest absolute Gasteiger partial charge is 0.328 e. The first kappa shape index (κ1) is 9.15. The Bertz CT molecular complexity index is 313. The number of hydrogen-bond donors (Lipinski definition) is 1. The molecule has 1 heterocycles. The molecule has 0 bridgehead atoms. The molecule has 0 amide bonds. The second kappa shape index (κ2) is 4.18. The summed E-state index contributed by atoms with van der Waals surface area (Å²) in [6, 6.07) is 3.47. The van der Waals surface area contributed by atoms with E-state index in [0.29, 0.717) is 4.21 Å². The Morgan fingerprint density at radius 1 is 1.67 bits per heavy atom. The van der Waals surface area contributed by atoms with E-state index < -0.39 is 16.8 Å². The van der Waals surface area contributed by atoms with Gasteiger partial charge in [-0.3, -0.25) is 0 Å². The summed E-state index contributed by atoms with van der Waals surface area (Å²) >= 11 is 1.34. The van der Waals surface area contributed by atoms with Crippen LogP contribution in [0.1, 0.15) is 0 Å². The highest BCUT2D eigenvalue weighted by Crippen LogP contribution is 2.14. The maximum absolute atomic E-state index is 11.2. The summed E-state index contributed by atoms with van der Waals surface area (Å²) in [7, 11) is -1.32. The third-order valence-corrected chi connectivity index (χ3v) is 3.39. The Morgan fingerprint density at radius 3 is 2.92 bits per heavy atom. The standard InChI is InChI=1S/C7H6O3S2/c8-6(9)3-5-12(10)7-2-1-4-11-7/h1-5H,(H,8,9)/b5-3+. The van der Waals surface area contributed by atoms with Gasteiger partial charge in [0.2, 0.25) is 0 Å². The van der Waals surface area contributed by atoms with Crippen LogP contribution in [0, 0.1) is 0 Å². The van der Waals surface area contributed by atoms with Gasteiger partial charge in [0.1, 0.15) is 0 Å². The summed E-state index contributed by atoms with van der Waals surface area (Å²) in [6.45, 7) is 0. The normalized spacial score (nSPS) is 13.3. The first-order valence-electron chi connectivity index (χ1n) is 3.05. The fourth-order valence-electron chi connectivity index (χ4n) is 0.565. The van der Waals surface area contributed by atoms with Gasteiger partial charge in [-0.05, 0) is 11.4 Å².